The number of hydrogen-bond acceptors (Lipinski definition) is 2. The predicted molar refractivity (Wildman–Crippen MR) is 168 cm³/mol. The molecule has 0 spiro atoms. The second kappa shape index (κ2) is 14.6. The fraction of sp³-hybridized carbons (Fsp3) is 0.722. The van der Waals surface area contributed by atoms with Gasteiger partial charge in [0.25, 0.3) is 0 Å². The lowest BCUT2D eigenvalue weighted by Crippen LogP contribution is -2.45. The molecule has 1 heterocycles. The van der Waals surface area contributed by atoms with Crippen molar-refractivity contribution in [3.8, 4) is 12.8 Å². The zero-order valence-corrected chi connectivity index (χ0v) is 26.3. The number of allylic oxidation sites excluding steroid dienone is 7. The molecule has 38 heavy (non-hydrogen) atoms. The van der Waals surface area contributed by atoms with E-state index in [0.717, 1.165) is 37.1 Å². The van der Waals surface area contributed by atoms with Gasteiger partial charge < -0.3 is 11.1 Å². The Bertz CT molecular complexity index is 884. The van der Waals surface area contributed by atoms with Crippen LogP contribution in [0.1, 0.15) is 101 Å². The van der Waals surface area contributed by atoms with Crippen molar-refractivity contribution in [2.75, 3.05) is 6.54 Å². The molecule has 0 bridgehead atoms. The van der Waals surface area contributed by atoms with Crippen LogP contribution in [-0.2, 0) is 0 Å². The van der Waals surface area contributed by atoms with E-state index >= 15 is 0 Å². The summed E-state index contributed by atoms with van der Waals surface area (Å²) in [5, 5.41) is 3.88. The first-order chi connectivity index (χ1) is 18.0. The number of hydrogen-bond donors (Lipinski definition) is 2. The van der Waals surface area contributed by atoms with Crippen molar-refractivity contribution in [1.29, 1.82) is 0 Å². The van der Waals surface area contributed by atoms with Crippen LogP contribution in [0.5, 0.6) is 0 Å². The highest BCUT2D eigenvalue weighted by atomic mass is 14.9. The Morgan fingerprint density at radius 2 is 1.68 bits per heavy atom. The fourth-order valence-electron chi connectivity index (χ4n) is 8.02. The van der Waals surface area contributed by atoms with Crippen LogP contribution in [0.2, 0.25) is 0 Å². The quantitative estimate of drug-likeness (QED) is 0.282. The normalized spacial score (nSPS) is 39.3. The average Bonchev–Trinajstić information content (AvgIpc) is 3.07. The molecule has 1 saturated carbocycles. The monoisotopic (exact) mass is 520 g/mol. The molecule has 0 saturated heterocycles. The molecule has 0 aromatic rings. The highest BCUT2D eigenvalue weighted by Gasteiger charge is 2.42. The molecule has 2 nitrogen and oxygen atoms in total. The molecule has 1 aliphatic heterocycles. The lowest BCUT2D eigenvalue weighted by molar-refractivity contribution is 0.194. The molecule has 0 aromatic carbocycles. The van der Waals surface area contributed by atoms with Crippen LogP contribution < -0.4 is 11.1 Å². The molecule has 2 heteroatoms. The molecule has 0 radical (unpaired) electrons. The van der Waals surface area contributed by atoms with Gasteiger partial charge >= 0.3 is 0 Å². The summed E-state index contributed by atoms with van der Waals surface area (Å²) in [6, 6.07) is 0.374. The van der Waals surface area contributed by atoms with Crippen molar-refractivity contribution in [2.24, 2.45) is 58.5 Å². The van der Waals surface area contributed by atoms with Gasteiger partial charge in [0, 0.05) is 23.6 Å². The third-order valence-corrected chi connectivity index (χ3v) is 10.8. The maximum atomic E-state index is 6.36. The Morgan fingerprint density at radius 3 is 2.21 bits per heavy atom. The molecule has 4 aliphatic rings. The van der Waals surface area contributed by atoms with Crippen LogP contribution in [0, 0.1) is 65.6 Å². The fourth-order valence-corrected chi connectivity index (χ4v) is 8.02. The van der Waals surface area contributed by atoms with Crippen molar-refractivity contribution in [2.45, 2.75) is 107 Å². The van der Waals surface area contributed by atoms with E-state index in [-0.39, 0.29) is 0 Å². The lowest BCUT2D eigenvalue weighted by atomic mass is 9.61. The second-order valence-electron chi connectivity index (χ2n) is 13.6. The van der Waals surface area contributed by atoms with Gasteiger partial charge in [-0.25, -0.2) is 0 Å². The number of nitrogens with two attached hydrogens (primary N) is 1. The van der Waals surface area contributed by atoms with E-state index in [1.807, 2.05) is 0 Å². The number of terminal acetylenes is 1. The van der Waals surface area contributed by atoms with E-state index in [1.165, 1.54) is 31.4 Å². The van der Waals surface area contributed by atoms with Gasteiger partial charge in [0.15, 0.2) is 0 Å². The summed E-state index contributed by atoms with van der Waals surface area (Å²) in [4.78, 5) is 0. The summed E-state index contributed by atoms with van der Waals surface area (Å²) in [6.07, 6.45) is 27.3. The molecular formula is C36H60N2. The van der Waals surface area contributed by atoms with Crippen molar-refractivity contribution in [3.05, 3.63) is 47.2 Å². The molecule has 9 atom stereocenters. The van der Waals surface area contributed by atoms with E-state index in [9.17, 15) is 0 Å². The van der Waals surface area contributed by atoms with Gasteiger partial charge in [0.1, 0.15) is 0 Å². The minimum Gasteiger partial charge on any atom is -0.382 e. The standard InChI is InChI=1S/C24H38N2.C10H20.C2H2/c1-16-11-9-10-13-20(16)23-18(3)22(15-25)21-14-8-6-5-7-12-17(2)26-24(21)19(23)4;1-7-6-10(4,5)9(3)8(7)2;1-2/h6-8,12-13,16-18,21-23,26H,5,9-11,14-15,25H2,1-4H3;7-9H,6H2,1-5H3;1-2H/b8-6?,12-7-;;. The van der Waals surface area contributed by atoms with E-state index in [1.54, 1.807) is 11.1 Å². The van der Waals surface area contributed by atoms with Crippen LogP contribution >= 0.6 is 0 Å². The SMILES string of the molecule is C#C.CC1=C2NC(C)/C=C\CC=CCC2C(CN)C(C)C1C1=CCCCC1C.CC1CC(C)(C)C(C)C1C. The minimum absolute atomic E-state index is 0.374. The van der Waals surface area contributed by atoms with E-state index in [0.29, 0.717) is 41.0 Å². The van der Waals surface area contributed by atoms with Gasteiger partial charge in [0.2, 0.25) is 0 Å². The van der Waals surface area contributed by atoms with Crippen LogP contribution in [-0.4, -0.2) is 12.6 Å². The third-order valence-electron chi connectivity index (χ3n) is 10.8. The van der Waals surface area contributed by atoms with E-state index in [4.69, 9.17) is 5.73 Å². The second-order valence-corrected chi connectivity index (χ2v) is 13.6. The van der Waals surface area contributed by atoms with Crippen molar-refractivity contribution in [3.63, 3.8) is 0 Å². The summed E-state index contributed by atoms with van der Waals surface area (Å²) in [6.45, 7) is 22.3. The molecule has 0 aromatic heterocycles. The summed E-state index contributed by atoms with van der Waals surface area (Å²) in [5.74, 6) is 5.71. The first-order valence-corrected chi connectivity index (χ1v) is 15.5. The molecule has 3 N–H and O–H groups in total. The highest BCUT2D eigenvalue weighted by molar-refractivity contribution is 5.33. The van der Waals surface area contributed by atoms with Crippen molar-refractivity contribution in [1.82, 2.24) is 5.32 Å². The van der Waals surface area contributed by atoms with Crippen LogP contribution in [0.15, 0.2) is 47.2 Å². The summed E-state index contributed by atoms with van der Waals surface area (Å²) < 4.78 is 0. The van der Waals surface area contributed by atoms with Crippen LogP contribution in [0.3, 0.4) is 0 Å². The first-order valence-electron chi connectivity index (χ1n) is 15.5. The van der Waals surface area contributed by atoms with Crippen molar-refractivity contribution < 1.29 is 0 Å². The Hall–Kier alpha value is -1.72. The van der Waals surface area contributed by atoms with Gasteiger partial charge in [0.05, 0.1) is 0 Å². The van der Waals surface area contributed by atoms with Crippen LogP contribution in [0.25, 0.3) is 0 Å². The highest BCUT2D eigenvalue weighted by Crippen LogP contribution is 2.50. The number of rotatable bonds is 2. The van der Waals surface area contributed by atoms with Crippen molar-refractivity contribution >= 4 is 0 Å². The zero-order valence-electron chi connectivity index (χ0n) is 26.3. The number of nitrogens with one attached hydrogen (secondary N) is 1. The van der Waals surface area contributed by atoms with Crippen LogP contribution in [0.4, 0.5) is 0 Å². The molecule has 4 rings (SSSR count). The molecule has 0 amide bonds. The lowest BCUT2D eigenvalue weighted by Gasteiger charge is -2.46. The van der Waals surface area contributed by atoms with E-state index < -0.39 is 0 Å². The smallest absolute Gasteiger partial charge is 0.0413 e. The first kappa shape index (κ1) is 32.5. The Balaban J connectivity index is 0.000000353. The minimum atomic E-state index is 0.374. The molecule has 9 unspecified atom stereocenters. The van der Waals surface area contributed by atoms with Gasteiger partial charge in [-0.3, -0.25) is 0 Å². The molecule has 214 valence electrons. The Kier molecular flexibility index (Phi) is 12.5. The summed E-state index contributed by atoms with van der Waals surface area (Å²) >= 11 is 0. The predicted octanol–water partition coefficient (Wildman–Crippen LogP) is 8.92. The van der Waals surface area contributed by atoms with Gasteiger partial charge in [-0.1, -0.05) is 84.4 Å². The third kappa shape index (κ3) is 7.47. The van der Waals surface area contributed by atoms with Gasteiger partial charge in [-0.05, 0) is 105 Å². The molecular weight excluding hydrogens is 460 g/mol. The largest absolute Gasteiger partial charge is 0.382 e. The molecule has 3 aliphatic carbocycles. The molecule has 1 fully saturated rings. The maximum Gasteiger partial charge on any atom is 0.0413 e. The Morgan fingerprint density at radius 1 is 1.00 bits per heavy atom. The topological polar surface area (TPSA) is 38.0 Å². The van der Waals surface area contributed by atoms with Gasteiger partial charge in [-0.2, -0.15) is 0 Å². The average molecular weight is 521 g/mol. The summed E-state index contributed by atoms with van der Waals surface area (Å²) in [5.41, 5.74) is 11.7. The zero-order chi connectivity index (χ0) is 28.6. The Labute approximate surface area is 237 Å². The number of fused-ring (bicyclic) bond motifs is 1. The maximum absolute atomic E-state index is 6.36. The van der Waals surface area contributed by atoms with Gasteiger partial charge in [-0.15, -0.1) is 12.8 Å². The summed E-state index contributed by atoms with van der Waals surface area (Å²) in [7, 11) is 0. The van der Waals surface area contributed by atoms with E-state index in [2.05, 4.69) is 111 Å².